The third-order valence-electron chi connectivity index (χ3n) is 1.92. The fraction of sp³-hybridized carbons (Fsp3) is 0.800. The van der Waals surface area contributed by atoms with Gasteiger partial charge in [-0.25, -0.2) is 4.79 Å². The molecule has 6 heteroatoms. The normalized spacial score (nSPS) is 13.6. The van der Waals surface area contributed by atoms with Crippen molar-refractivity contribution in [1.29, 1.82) is 0 Å². The third kappa shape index (κ3) is 6.63. The van der Waals surface area contributed by atoms with E-state index in [0.29, 0.717) is 12.3 Å². The molecular weight excluding hydrogens is 232 g/mol. The van der Waals surface area contributed by atoms with E-state index in [1.807, 2.05) is 13.8 Å². The molecule has 1 amide bonds. The van der Waals surface area contributed by atoms with E-state index in [2.05, 4.69) is 10.1 Å². The molecule has 5 nitrogen and oxygen atoms in total. The highest BCUT2D eigenvalue weighted by atomic mass is 35.5. The Labute approximate surface area is 103 Å². The van der Waals surface area contributed by atoms with Gasteiger partial charge in [-0.2, -0.15) is 0 Å². The van der Waals surface area contributed by atoms with Crippen molar-refractivity contribution in [1.82, 2.24) is 5.32 Å². The van der Waals surface area contributed by atoms with Crippen molar-refractivity contribution in [2.45, 2.75) is 39.3 Å². The Kier molecular flexibility index (Phi) is 9.18. The number of esters is 1. The summed E-state index contributed by atoms with van der Waals surface area (Å²) in [5, 5.41) is 2.56. The average molecular weight is 253 g/mol. The van der Waals surface area contributed by atoms with Crippen LogP contribution in [0.3, 0.4) is 0 Å². The van der Waals surface area contributed by atoms with Crippen LogP contribution >= 0.6 is 12.4 Å². The summed E-state index contributed by atoms with van der Waals surface area (Å²) >= 11 is 0. The van der Waals surface area contributed by atoms with E-state index in [1.165, 1.54) is 7.11 Å². The summed E-state index contributed by atoms with van der Waals surface area (Å²) in [4.78, 5) is 22.6. The Morgan fingerprint density at radius 1 is 1.31 bits per heavy atom. The molecule has 0 heterocycles. The van der Waals surface area contributed by atoms with Crippen molar-refractivity contribution < 1.29 is 14.3 Å². The maximum atomic E-state index is 11.3. The van der Waals surface area contributed by atoms with Gasteiger partial charge in [-0.1, -0.05) is 13.8 Å². The largest absolute Gasteiger partial charge is 0.467 e. The van der Waals surface area contributed by atoms with Crippen molar-refractivity contribution in [3.63, 3.8) is 0 Å². The second-order valence-corrected chi connectivity index (χ2v) is 4.00. The molecule has 0 saturated heterocycles. The highest BCUT2D eigenvalue weighted by Gasteiger charge is 2.23. The number of amides is 1. The number of carbonyl (C=O) groups excluding carboxylic acids is 2. The minimum atomic E-state index is -0.621. The van der Waals surface area contributed by atoms with Gasteiger partial charge in [-0.15, -0.1) is 12.4 Å². The summed E-state index contributed by atoms with van der Waals surface area (Å²) in [6.45, 7) is 5.50. The van der Waals surface area contributed by atoms with Crippen LogP contribution in [0.2, 0.25) is 0 Å². The minimum Gasteiger partial charge on any atom is -0.467 e. The number of carbonyl (C=O) groups is 2. The van der Waals surface area contributed by atoms with E-state index in [1.54, 1.807) is 6.92 Å². The molecule has 0 radical (unpaired) electrons. The fourth-order valence-electron chi connectivity index (χ4n) is 1.13. The molecule has 0 aromatic heterocycles. The molecule has 0 aliphatic heterocycles. The van der Waals surface area contributed by atoms with E-state index < -0.39 is 18.1 Å². The van der Waals surface area contributed by atoms with Crippen LogP contribution in [0.4, 0.5) is 0 Å². The number of rotatable bonds is 5. The molecule has 3 N–H and O–H groups in total. The fourth-order valence-corrected chi connectivity index (χ4v) is 1.13. The van der Waals surface area contributed by atoms with Gasteiger partial charge >= 0.3 is 5.97 Å². The van der Waals surface area contributed by atoms with Crippen LogP contribution in [0.25, 0.3) is 0 Å². The molecular formula is C10H21ClN2O3. The number of nitrogens with one attached hydrogen (secondary N) is 1. The van der Waals surface area contributed by atoms with Gasteiger partial charge < -0.3 is 15.8 Å². The van der Waals surface area contributed by atoms with Crippen molar-refractivity contribution >= 4 is 24.3 Å². The van der Waals surface area contributed by atoms with E-state index in [4.69, 9.17) is 5.73 Å². The first kappa shape index (κ1) is 17.6. The zero-order valence-corrected chi connectivity index (χ0v) is 11.0. The van der Waals surface area contributed by atoms with Gasteiger partial charge in [0.25, 0.3) is 0 Å². The quantitative estimate of drug-likeness (QED) is 0.697. The number of ether oxygens (including phenoxy) is 1. The molecule has 2 unspecified atom stereocenters. The van der Waals surface area contributed by atoms with Crippen LogP contribution in [0.5, 0.6) is 0 Å². The molecule has 0 aromatic rings. The van der Waals surface area contributed by atoms with Crippen LogP contribution in [0.15, 0.2) is 0 Å². The molecule has 0 rings (SSSR count). The van der Waals surface area contributed by atoms with Crippen LogP contribution in [-0.2, 0) is 14.3 Å². The molecule has 0 spiro atoms. The highest BCUT2D eigenvalue weighted by molar-refractivity contribution is 5.87. The molecule has 0 aliphatic rings. The Hall–Kier alpha value is -0.810. The monoisotopic (exact) mass is 252 g/mol. The molecule has 96 valence electrons. The molecule has 0 fully saturated rings. The van der Waals surface area contributed by atoms with Gasteiger partial charge in [-0.05, 0) is 19.3 Å². The van der Waals surface area contributed by atoms with Crippen LogP contribution in [-0.4, -0.2) is 31.1 Å². The van der Waals surface area contributed by atoms with Crippen LogP contribution in [0.1, 0.15) is 27.2 Å². The Balaban J connectivity index is 0. The topological polar surface area (TPSA) is 81.4 Å². The summed E-state index contributed by atoms with van der Waals surface area (Å²) in [6.07, 6.45) is 0.547. The molecule has 0 aliphatic carbocycles. The molecule has 0 aromatic carbocycles. The lowest BCUT2D eigenvalue weighted by Gasteiger charge is -2.19. The summed E-state index contributed by atoms with van der Waals surface area (Å²) in [7, 11) is 1.30. The van der Waals surface area contributed by atoms with Gasteiger partial charge in [0.1, 0.15) is 6.04 Å². The molecule has 0 bridgehead atoms. The lowest BCUT2D eigenvalue weighted by atomic mass is 10.0. The van der Waals surface area contributed by atoms with Crippen LogP contribution < -0.4 is 11.1 Å². The molecule has 0 saturated carbocycles. The van der Waals surface area contributed by atoms with Gasteiger partial charge in [0.2, 0.25) is 5.91 Å². The zero-order chi connectivity index (χ0) is 12.0. The van der Waals surface area contributed by atoms with Gasteiger partial charge in [0.05, 0.1) is 13.2 Å². The molecule has 2 atom stereocenters. The second kappa shape index (κ2) is 8.35. The highest BCUT2D eigenvalue weighted by Crippen LogP contribution is 2.06. The predicted molar refractivity (Wildman–Crippen MR) is 64.3 cm³/mol. The minimum absolute atomic E-state index is 0. The third-order valence-corrected chi connectivity index (χ3v) is 1.92. The predicted octanol–water partition coefficient (Wildman–Crippen LogP) is 0.459. The van der Waals surface area contributed by atoms with Gasteiger partial charge in [-0.3, -0.25) is 4.79 Å². The SMILES string of the molecule is COC(=O)C(CC(C)C)NC(=O)C(C)N.Cl. The van der Waals surface area contributed by atoms with Crippen LogP contribution in [0, 0.1) is 5.92 Å². The Morgan fingerprint density at radius 2 is 1.81 bits per heavy atom. The van der Waals surface area contributed by atoms with Crippen molar-refractivity contribution in [2.24, 2.45) is 11.7 Å². The van der Waals surface area contributed by atoms with Crippen molar-refractivity contribution in [3.8, 4) is 0 Å². The van der Waals surface area contributed by atoms with Gasteiger partial charge in [0, 0.05) is 0 Å². The first-order valence-corrected chi connectivity index (χ1v) is 5.02. The summed E-state index contributed by atoms with van der Waals surface area (Å²) in [5.41, 5.74) is 5.39. The maximum absolute atomic E-state index is 11.3. The lowest BCUT2D eigenvalue weighted by molar-refractivity contribution is -0.145. The number of hydrogen-bond donors (Lipinski definition) is 2. The van der Waals surface area contributed by atoms with Gasteiger partial charge in [0.15, 0.2) is 0 Å². The second-order valence-electron chi connectivity index (χ2n) is 4.00. The Morgan fingerprint density at radius 3 is 2.12 bits per heavy atom. The number of methoxy groups -OCH3 is 1. The maximum Gasteiger partial charge on any atom is 0.328 e. The summed E-state index contributed by atoms with van der Waals surface area (Å²) < 4.78 is 4.60. The Bertz CT molecular complexity index is 232. The zero-order valence-electron chi connectivity index (χ0n) is 10.1. The van der Waals surface area contributed by atoms with E-state index in [-0.39, 0.29) is 18.3 Å². The number of halogens is 1. The lowest BCUT2D eigenvalue weighted by Crippen LogP contribution is -2.48. The first-order chi connectivity index (χ1) is 6.88. The van der Waals surface area contributed by atoms with Crippen molar-refractivity contribution in [2.75, 3.05) is 7.11 Å². The average Bonchev–Trinajstić information content (AvgIpc) is 2.14. The summed E-state index contributed by atoms with van der Waals surface area (Å²) in [6, 6.07) is -1.22. The number of hydrogen-bond acceptors (Lipinski definition) is 4. The van der Waals surface area contributed by atoms with E-state index >= 15 is 0 Å². The van der Waals surface area contributed by atoms with E-state index in [0.717, 1.165) is 0 Å². The molecule has 16 heavy (non-hydrogen) atoms. The van der Waals surface area contributed by atoms with E-state index in [9.17, 15) is 9.59 Å². The van der Waals surface area contributed by atoms with Crippen molar-refractivity contribution in [3.05, 3.63) is 0 Å². The summed E-state index contributed by atoms with van der Waals surface area (Å²) in [5.74, 6) is -0.480. The number of nitrogens with two attached hydrogens (primary N) is 1. The first-order valence-electron chi connectivity index (χ1n) is 5.02. The smallest absolute Gasteiger partial charge is 0.328 e. The standard InChI is InChI=1S/C10H20N2O3.ClH/c1-6(2)5-8(10(14)15-4)12-9(13)7(3)11;/h6-8H,5,11H2,1-4H3,(H,12,13);1H.